The van der Waals surface area contributed by atoms with Crippen molar-refractivity contribution in [2.24, 2.45) is 11.3 Å². The third-order valence-electron chi connectivity index (χ3n) is 4.83. The molecular weight excluding hydrogens is 248 g/mol. The molecule has 0 amide bonds. The highest BCUT2D eigenvalue weighted by molar-refractivity contribution is 4.90. The number of nitrogens with zero attached hydrogens (tertiary/aromatic N) is 1. The average Bonchev–Trinajstić information content (AvgIpc) is 2.40. The van der Waals surface area contributed by atoms with Crippen LogP contribution in [0.3, 0.4) is 0 Å². The molecule has 2 aliphatic heterocycles. The number of ether oxygens (including phenoxy) is 1. The summed E-state index contributed by atoms with van der Waals surface area (Å²) >= 11 is 0. The van der Waals surface area contributed by atoms with Crippen molar-refractivity contribution in [3.8, 4) is 0 Å². The van der Waals surface area contributed by atoms with Crippen LogP contribution < -0.4 is 5.32 Å². The first-order valence-electron chi connectivity index (χ1n) is 8.44. The van der Waals surface area contributed by atoms with Crippen LogP contribution in [0.5, 0.6) is 0 Å². The predicted octanol–water partition coefficient (Wildman–Crippen LogP) is 2.90. The van der Waals surface area contributed by atoms with Gasteiger partial charge in [-0.2, -0.15) is 0 Å². The van der Waals surface area contributed by atoms with Crippen LogP contribution in [-0.4, -0.2) is 49.8 Å². The fraction of sp³-hybridized carbons (Fsp3) is 1.00. The molecule has 0 aromatic carbocycles. The number of nitrogens with one attached hydrogen (secondary N) is 1. The minimum Gasteiger partial charge on any atom is -0.381 e. The molecule has 1 atom stereocenters. The second-order valence-electron chi connectivity index (χ2n) is 8.22. The van der Waals surface area contributed by atoms with E-state index in [0.29, 0.717) is 5.41 Å². The lowest BCUT2D eigenvalue weighted by Gasteiger charge is -2.44. The van der Waals surface area contributed by atoms with Crippen molar-refractivity contribution in [3.05, 3.63) is 0 Å². The number of likely N-dealkylation sites (tertiary alicyclic amines) is 1. The van der Waals surface area contributed by atoms with Crippen molar-refractivity contribution < 1.29 is 4.74 Å². The molecular formula is C17H34N2O. The summed E-state index contributed by atoms with van der Waals surface area (Å²) in [5, 5.41) is 3.72. The van der Waals surface area contributed by atoms with Crippen LogP contribution in [0.1, 0.15) is 53.4 Å². The molecule has 2 saturated heterocycles. The number of hydrogen-bond acceptors (Lipinski definition) is 3. The van der Waals surface area contributed by atoms with Crippen LogP contribution in [0.25, 0.3) is 0 Å². The van der Waals surface area contributed by atoms with Crippen molar-refractivity contribution in [1.82, 2.24) is 10.2 Å². The summed E-state index contributed by atoms with van der Waals surface area (Å²) in [5.41, 5.74) is 0.521. The minimum atomic E-state index is 0.195. The quantitative estimate of drug-likeness (QED) is 0.858. The van der Waals surface area contributed by atoms with E-state index in [0.717, 1.165) is 25.7 Å². The normalized spacial score (nSPS) is 30.6. The first-order valence-corrected chi connectivity index (χ1v) is 8.44. The van der Waals surface area contributed by atoms with Gasteiger partial charge in [0.2, 0.25) is 0 Å². The lowest BCUT2D eigenvalue weighted by molar-refractivity contribution is -0.0328. The third-order valence-corrected chi connectivity index (χ3v) is 4.83. The standard InChI is InChI=1S/C17H34N2O/c1-15-6-9-19(10-7-15)13-17(8-5-11-20-14-17)12-18-16(2,3)4/h15,18H,5-14H2,1-4H3. The second-order valence-corrected chi connectivity index (χ2v) is 8.22. The van der Waals surface area contributed by atoms with Crippen molar-refractivity contribution in [3.63, 3.8) is 0 Å². The fourth-order valence-electron chi connectivity index (χ4n) is 3.38. The Kier molecular flexibility index (Phi) is 5.49. The number of rotatable bonds is 4. The molecule has 20 heavy (non-hydrogen) atoms. The molecule has 2 rings (SSSR count). The highest BCUT2D eigenvalue weighted by Crippen LogP contribution is 2.31. The van der Waals surface area contributed by atoms with E-state index in [2.05, 4.69) is 37.9 Å². The van der Waals surface area contributed by atoms with Crippen LogP contribution >= 0.6 is 0 Å². The average molecular weight is 282 g/mol. The van der Waals surface area contributed by atoms with E-state index < -0.39 is 0 Å². The first kappa shape index (κ1) is 16.3. The Hall–Kier alpha value is -0.120. The predicted molar refractivity (Wildman–Crippen MR) is 85.1 cm³/mol. The lowest BCUT2D eigenvalue weighted by atomic mass is 9.80. The summed E-state index contributed by atoms with van der Waals surface area (Å²) < 4.78 is 5.85. The molecule has 0 spiro atoms. The topological polar surface area (TPSA) is 24.5 Å². The molecule has 0 aromatic heterocycles. The maximum Gasteiger partial charge on any atom is 0.0546 e. The zero-order valence-electron chi connectivity index (χ0n) is 14.0. The Bertz CT molecular complexity index is 284. The highest BCUT2D eigenvalue weighted by Gasteiger charge is 2.36. The van der Waals surface area contributed by atoms with Crippen LogP contribution in [0.15, 0.2) is 0 Å². The third kappa shape index (κ3) is 5.01. The Morgan fingerprint density at radius 3 is 2.50 bits per heavy atom. The summed E-state index contributed by atoms with van der Waals surface area (Å²) in [5.74, 6) is 0.914. The second kappa shape index (κ2) is 6.76. The molecule has 0 aliphatic carbocycles. The molecule has 0 bridgehead atoms. The maximum absolute atomic E-state index is 5.85. The summed E-state index contributed by atoms with van der Waals surface area (Å²) in [4.78, 5) is 2.68. The van der Waals surface area contributed by atoms with Gasteiger partial charge in [-0.3, -0.25) is 0 Å². The van der Waals surface area contributed by atoms with Gasteiger partial charge in [-0.05, 0) is 65.5 Å². The Labute approximate surface area is 125 Å². The van der Waals surface area contributed by atoms with Crippen molar-refractivity contribution in [2.45, 2.75) is 58.9 Å². The smallest absolute Gasteiger partial charge is 0.0546 e. The monoisotopic (exact) mass is 282 g/mol. The van der Waals surface area contributed by atoms with Gasteiger partial charge in [-0.25, -0.2) is 0 Å². The van der Waals surface area contributed by atoms with Gasteiger partial charge in [0.25, 0.3) is 0 Å². The molecule has 1 N–H and O–H groups in total. The Balaban J connectivity index is 1.92. The van der Waals surface area contributed by atoms with Crippen molar-refractivity contribution in [2.75, 3.05) is 39.4 Å². The first-order chi connectivity index (χ1) is 9.39. The van der Waals surface area contributed by atoms with Gasteiger partial charge >= 0.3 is 0 Å². The van der Waals surface area contributed by atoms with Gasteiger partial charge in [-0.1, -0.05) is 6.92 Å². The molecule has 3 heteroatoms. The molecule has 2 fully saturated rings. The van der Waals surface area contributed by atoms with Gasteiger partial charge in [0, 0.05) is 30.7 Å². The van der Waals surface area contributed by atoms with E-state index in [1.165, 1.54) is 45.3 Å². The largest absolute Gasteiger partial charge is 0.381 e. The van der Waals surface area contributed by atoms with E-state index in [4.69, 9.17) is 4.74 Å². The van der Waals surface area contributed by atoms with E-state index in [1.54, 1.807) is 0 Å². The minimum absolute atomic E-state index is 0.195. The van der Waals surface area contributed by atoms with Gasteiger partial charge in [0.15, 0.2) is 0 Å². The van der Waals surface area contributed by atoms with Crippen LogP contribution in [0.4, 0.5) is 0 Å². The van der Waals surface area contributed by atoms with Crippen LogP contribution in [-0.2, 0) is 4.74 Å². The zero-order chi connectivity index (χ0) is 14.6. The Morgan fingerprint density at radius 1 is 1.25 bits per heavy atom. The van der Waals surface area contributed by atoms with Gasteiger partial charge in [0.1, 0.15) is 0 Å². The number of hydrogen-bond donors (Lipinski definition) is 1. The van der Waals surface area contributed by atoms with Gasteiger partial charge in [0.05, 0.1) is 6.61 Å². The molecule has 0 aromatic rings. The summed E-state index contributed by atoms with van der Waals surface area (Å²) in [7, 11) is 0. The maximum atomic E-state index is 5.85. The van der Waals surface area contributed by atoms with E-state index in [1.807, 2.05) is 0 Å². The van der Waals surface area contributed by atoms with E-state index in [-0.39, 0.29) is 5.54 Å². The molecule has 1 unspecified atom stereocenters. The van der Waals surface area contributed by atoms with Gasteiger partial charge in [-0.15, -0.1) is 0 Å². The SMILES string of the molecule is CC1CCN(CC2(CNC(C)(C)C)CCCOC2)CC1. The lowest BCUT2D eigenvalue weighted by Crippen LogP contribution is -2.53. The van der Waals surface area contributed by atoms with Gasteiger partial charge < -0.3 is 15.0 Å². The molecule has 2 aliphatic rings. The zero-order valence-corrected chi connectivity index (χ0v) is 14.0. The number of piperidine rings is 1. The summed E-state index contributed by atoms with van der Waals surface area (Å²) in [6.45, 7) is 15.9. The van der Waals surface area contributed by atoms with Crippen LogP contribution in [0.2, 0.25) is 0 Å². The molecule has 3 nitrogen and oxygen atoms in total. The highest BCUT2D eigenvalue weighted by atomic mass is 16.5. The van der Waals surface area contributed by atoms with Crippen molar-refractivity contribution in [1.29, 1.82) is 0 Å². The van der Waals surface area contributed by atoms with E-state index in [9.17, 15) is 0 Å². The molecule has 2 heterocycles. The summed E-state index contributed by atoms with van der Waals surface area (Å²) in [6, 6.07) is 0. The molecule has 0 radical (unpaired) electrons. The fourth-order valence-corrected chi connectivity index (χ4v) is 3.38. The van der Waals surface area contributed by atoms with Crippen LogP contribution in [0, 0.1) is 11.3 Å². The van der Waals surface area contributed by atoms with Crippen molar-refractivity contribution >= 4 is 0 Å². The molecule has 118 valence electrons. The molecule has 0 saturated carbocycles. The van der Waals surface area contributed by atoms with E-state index >= 15 is 0 Å². The summed E-state index contributed by atoms with van der Waals surface area (Å²) in [6.07, 6.45) is 5.26. The Morgan fingerprint density at radius 2 is 1.95 bits per heavy atom.